The Balaban J connectivity index is 2.37. The van der Waals surface area contributed by atoms with Gasteiger partial charge in [-0.15, -0.1) is 0 Å². The van der Waals surface area contributed by atoms with Crippen LogP contribution in [0.2, 0.25) is 0 Å². The topological polar surface area (TPSA) is 83.8 Å². The molecule has 0 spiro atoms. The molecule has 0 amide bonds. The predicted molar refractivity (Wildman–Crippen MR) is 102 cm³/mol. The van der Waals surface area contributed by atoms with Crippen LogP contribution in [-0.2, 0) is 14.3 Å². The van der Waals surface area contributed by atoms with Gasteiger partial charge in [-0.1, -0.05) is 57.6 Å². The smallest absolute Gasteiger partial charge is 0.305 e. The summed E-state index contributed by atoms with van der Waals surface area (Å²) in [7, 11) is 1.40. The maximum Gasteiger partial charge on any atom is 0.305 e. The third-order valence-corrected chi connectivity index (χ3v) is 5.27. The Labute approximate surface area is 157 Å². The monoisotopic (exact) mass is 368 g/mol. The van der Waals surface area contributed by atoms with E-state index in [2.05, 4.69) is 11.7 Å². The molecule has 0 aromatic carbocycles. The number of hydrogen-bond donors (Lipinski definition) is 2. The predicted octanol–water partition coefficient (Wildman–Crippen LogP) is 3.56. The van der Waals surface area contributed by atoms with Gasteiger partial charge in [0.15, 0.2) is 0 Å². The lowest BCUT2D eigenvalue weighted by molar-refractivity contribution is -0.140. The lowest BCUT2D eigenvalue weighted by Gasteiger charge is -2.18. The van der Waals surface area contributed by atoms with E-state index in [1.54, 1.807) is 6.08 Å². The highest BCUT2D eigenvalue weighted by molar-refractivity contribution is 5.84. The van der Waals surface area contributed by atoms with Gasteiger partial charge >= 0.3 is 5.97 Å². The molecule has 1 saturated carbocycles. The fourth-order valence-electron chi connectivity index (χ4n) is 3.64. The third-order valence-electron chi connectivity index (χ3n) is 5.27. The molecule has 1 rings (SSSR count). The number of ether oxygens (including phenoxy) is 1. The number of carbonyl (C=O) groups excluding carboxylic acids is 2. The van der Waals surface area contributed by atoms with E-state index in [-0.39, 0.29) is 30.0 Å². The van der Waals surface area contributed by atoms with E-state index >= 15 is 0 Å². The molecule has 0 aromatic rings. The molecule has 150 valence electrons. The summed E-state index contributed by atoms with van der Waals surface area (Å²) in [4.78, 5) is 23.2. The second kappa shape index (κ2) is 13.0. The number of aliphatic hydroxyl groups is 2. The molecule has 1 aliphatic carbocycles. The first-order valence-electron chi connectivity index (χ1n) is 10.1. The molecule has 0 aliphatic heterocycles. The van der Waals surface area contributed by atoms with Gasteiger partial charge in [-0.05, 0) is 19.3 Å². The zero-order chi connectivity index (χ0) is 19.4. The highest BCUT2D eigenvalue weighted by Crippen LogP contribution is 2.34. The number of esters is 1. The van der Waals surface area contributed by atoms with Crippen LogP contribution >= 0.6 is 0 Å². The van der Waals surface area contributed by atoms with Crippen LogP contribution < -0.4 is 0 Å². The van der Waals surface area contributed by atoms with Crippen LogP contribution in [0.3, 0.4) is 0 Å². The zero-order valence-corrected chi connectivity index (χ0v) is 16.4. The molecule has 0 heterocycles. The van der Waals surface area contributed by atoms with Crippen LogP contribution in [0.25, 0.3) is 0 Å². The highest BCUT2D eigenvalue weighted by Gasteiger charge is 2.39. The first-order chi connectivity index (χ1) is 12.5. The Morgan fingerprint density at radius 3 is 2.65 bits per heavy atom. The molecular weight excluding hydrogens is 332 g/mol. The molecule has 0 radical (unpaired) electrons. The molecule has 0 aromatic heterocycles. The standard InChI is InChI=1S/C21H36O5/c1-3-4-7-10-16(22)13-14-18-17(19(23)15-20(18)24)11-8-5-6-9-12-21(25)26-2/h13-14,16-18,20,22,24H,3-12,15H2,1-2H3/b14-13+. The number of aliphatic hydroxyl groups excluding tert-OH is 2. The van der Waals surface area contributed by atoms with Gasteiger partial charge in [-0.2, -0.15) is 0 Å². The van der Waals surface area contributed by atoms with Crippen LogP contribution in [0.4, 0.5) is 0 Å². The average molecular weight is 369 g/mol. The van der Waals surface area contributed by atoms with Crippen molar-refractivity contribution in [2.45, 2.75) is 89.8 Å². The molecular formula is C21H36O5. The van der Waals surface area contributed by atoms with Gasteiger partial charge in [-0.3, -0.25) is 9.59 Å². The van der Waals surface area contributed by atoms with Crippen molar-refractivity contribution < 1.29 is 24.5 Å². The Morgan fingerprint density at radius 2 is 1.96 bits per heavy atom. The molecule has 1 aliphatic rings. The Morgan fingerprint density at radius 1 is 1.23 bits per heavy atom. The maximum absolute atomic E-state index is 12.2. The van der Waals surface area contributed by atoms with Crippen molar-refractivity contribution in [3.05, 3.63) is 12.2 Å². The van der Waals surface area contributed by atoms with Gasteiger partial charge in [-0.25, -0.2) is 0 Å². The van der Waals surface area contributed by atoms with Crippen LogP contribution in [-0.4, -0.2) is 41.3 Å². The van der Waals surface area contributed by atoms with Crippen LogP contribution in [0.1, 0.15) is 77.6 Å². The molecule has 4 atom stereocenters. The quantitative estimate of drug-likeness (QED) is 0.295. The van der Waals surface area contributed by atoms with Gasteiger partial charge in [0.05, 0.1) is 19.3 Å². The largest absolute Gasteiger partial charge is 0.469 e. The second-order valence-corrected chi connectivity index (χ2v) is 7.40. The Bertz CT molecular complexity index is 446. The summed E-state index contributed by atoms with van der Waals surface area (Å²) in [6.07, 6.45) is 11.5. The minimum atomic E-state index is -0.633. The van der Waals surface area contributed by atoms with Gasteiger partial charge in [0.1, 0.15) is 5.78 Å². The van der Waals surface area contributed by atoms with Crippen molar-refractivity contribution in [2.75, 3.05) is 7.11 Å². The SMILES string of the molecule is CCCCCC(O)/C=C/C1C(O)CC(=O)C1CCCCCCC(=O)OC. The van der Waals surface area contributed by atoms with Crippen LogP contribution in [0.15, 0.2) is 12.2 Å². The number of hydrogen-bond acceptors (Lipinski definition) is 5. The van der Waals surface area contributed by atoms with Crippen molar-refractivity contribution in [3.63, 3.8) is 0 Å². The summed E-state index contributed by atoms with van der Waals surface area (Å²) < 4.78 is 4.62. The van der Waals surface area contributed by atoms with Gasteiger partial charge in [0, 0.05) is 24.7 Å². The minimum absolute atomic E-state index is 0.127. The van der Waals surface area contributed by atoms with E-state index in [9.17, 15) is 19.8 Å². The summed E-state index contributed by atoms with van der Waals surface area (Å²) in [6.45, 7) is 2.13. The molecule has 0 saturated heterocycles. The van der Waals surface area contributed by atoms with Crippen LogP contribution in [0, 0.1) is 11.8 Å². The molecule has 1 fully saturated rings. The normalized spacial score (nSPS) is 24.3. The van der Waals surface area contributed by atoms with Crippen molar-refractivity contribution in [1.29, 1.82) is 0 Å². The van der Waals surface area contributed by atoms with E-state index in [1.165, 1.54) is 7.11 Å². The first-order valence-corrected chi connectivity index (χ1v) is 10.1. The number of ketones is 1. The van der Waals surface area contributed by atoms with E-state index in [0.29, 0.717) is 6.42 Å². The van der Waals surface area contributed by atoms with Crippen molar-refractivity contribution in [1.82, 2.24) is 0 Å². The van der Waals surface area contributed by atoms with Crippen molar-refractivity contribution in [3.8, 4) is 0 Å². The summed E-state index contributed by atoms with van der Waals surface area (Å²) in [5, 5.41) is 20.2. The number of unbranched alkanes of at least 4 members (excludes halogenated alkanes) is 5. The third kappa shape index (κ3) is 8.45. The fourth-order valence-corrected chi connectivity index (χ4v) is 3.64. The van der Waals surface area contributed by atoms with Gasteiger partial charge in [0.2, 0.25) is 0 Å². The van der Waals surface area contributed by atoms with Crippen molar-refractivity contribution in [2.24, 2.45) is 11.8 Å². The van der Waals surface area contributed by atoms with E-state index in [1.807, 2.05) is 6.08 Å². The summed E-state index contributed by atoms with van der Waals surface area (Å²) in [5.41, 5.74) is 0. The Hall–Kier alpha value is -1.20. The first kappa shape index (κ1) is 22.8. The molecule has 0 bridgehead atoms. The lowest BCUT2D eigenvalue weighted by atomic mass is 9.88. The van der Waals surface area contributed by atoms with Gasteiger partial charge in [0.25, 0.3) is 0 Å². The molecule has 4 unspecified atom stereocenters. The number of rotatable bonds is 13. The lowest BCUT2D eigenvalue weighted by Crippen LogP contribution is -2.19. The number of Topliss-reactive ketones (excluding diaryl/α,β-unsaturated/α-hetero) is 1. The average Bonchev–Trinajstić information content (AvgIpc) is 2.89. The van der Waals surface area contributed by atoms with E-state index in [4.69, 9.17) is 0 Å². The van der Waals surface area contributed by atoms with E-state index in [0.717, 1.165) is 57.8 Å². The molecule has 5 nitrogen and oxygen atoms in total. The summed E-state index contributed by atoms with van der Waals surface area (Å²) in [5.74, 6) is -0.382. The second-order valence-electron chi connectivity index (χ2n) is 7.40. The highest BCUT2D eigenvalue weighted by atomic mass is 16.5. The van der Waals surface area contributed by atoms with Gasteiger partial charge < -0.3 is 14.9 Å². The van der Waals surface area contributed by atoms with Crippen molar-refractivity contribution >= 4 is 11.8 Å². The Kier molecular flexibility index (Phi) is 11.5. The van der Waals surface area contributed by atoms with Crippen LogP contribution in [0.5, 0.6) is 0 Å². The number of carbonyl (C=O) groups is 2. The van der Waals surface area contributed by atoms with E-state index < -0.39 is 12.2 Å². The maximum atomic E-state index is 12.2. The summed E-state index contributed by atoms with van der Waals surface area (Å²) >= 11 is 0. The minimum Gasteiger partial charge on any atom is -0.469 e. The molecule has 2 N–H and O–H groups in total. The fraction of sp³-hybridized carbons (Fsp3) is 0.810. The molecule has 26 heavy (non-hydrogen) atoms. The number of methoxy groups -OCH3 is 1. The molecule has 5 heteroatoms. The summed E-state index contributed by atoms with van der Waals surface area (Å²) in [6, 6.07) is 0. The zero-order valence-electron chi connectivity index (χ0n) is 16.4.